The summed E-state index contributed by atoms with van der Waals surface area (Å²) in [6, 6.07) is 2.37. The van der Waals surface area contributed by atoms with E-state index in [1.54, 1.807) is 6.20 Å². The SMILES string of the molecule is CC[C@@H](C)n1ncc2c(C(=O)NC[C@@H](C)N(C)C)cc(C)nc21. The number of fused-ring (bicyclic) bond motifs is 1. The minimum atomic E-state index is -0.0714. The predicted molar refractivity (Wildman–Crippen MR) is 92.7 cm³/mol. The zero-order valence-electron chi connectivity index (χ0n) is 14.9. The summed E-state index contributed by atoms with van der Waals surface area (Å²) in [5.41, 5.74) is 2.26. The van der Waals surface area contributed by atoms with Gasteiger partial charge >= 0.3 is 0 Å². The number of amides is 1. The van der Waals surface area contributed by atoms with Gasteiger partial charge in [-0.3, -0.25) is 4.79 Å². The van der Waals surface area contributed by atoms with Crippen LogP contribution in [0.4, 0.5) is 0 Å². The number of nitrogens with one attached hydrogen (secondary N) is 1. The molecule has 0 bridgehead atoms. The van der Waals surface area contributed by atoms with E-state index in [0.717, 1.165) is 23.1 Å². The maximum atomic E-state index is 12.6. The standard InChI is InChI=1S/C17H27N5O/c1-7-12(3)22-16-15(10-19-22)14(8-11(2)20-16)17(23)18-9-13(4)21(5)6/h8,10,12-13H,7,9H2,1-6H3,(H,18,23)/t12-,13-/m1/s1. The third kappa shape index (κ3) is 3.69. The molecule has 2 aromatic rings. The van der Waals surface area contributed by atoms with E-state index >= 15 is 0 Å². The number of nitrogens with zero attached hydrogens (tertiary/aromatic N) is 4. The number of aromatic nitrogens is 3. The number of likely N-dealkylation sites (N-methyl/N-ethyl adjacent to an activating group) is 1. The molecule has 0 aliphatic rings. The van der Waals surface area contributed by atoms with Crippen LogP contribution >= 0.6 is 0 Å². The monoisotopic (exact) mass is 317 g/mol. The molecule has 0 unspecified atom stereocenters. The molecule has 0 saturated carbocycles. The Bertz CT molecular complexity index is 692. The Balaban J connectivity index is 2.33. The van der Waals surface area contributed by atoms with E-state index in [1.807, 2.05) is 31.8 Å². The van der Waals surface area contributed by atoms with Crippen molar-refractivity contribution in [1.82, 2.24) is 25.0 Å². The van der Waals surface area contributed by atoms with Crippen molar-refractivity contribution in [1.29, 1.82) is 0 Å². The van der Waals surface area contributed by atoms with Crippen molar-refractivity contribution >= 4 is 16.9 Å². The van der Waals surface area contributed by atoms with Gasteiger partial charge in [-0.2, -0.15) is 5.10 Å². The lowest BCUT2D eigenvalue weighted by molar-refractivity contribution is 0.0945. The van der Waals surface area contributed by atoms with Crippen LogP contribution in [0.15, 0.2) is 12.3 Å². The molecule has 1 amide bonds. The topological polar surface area (TPSA) is 63.1 Å². The average Bonchev–Trinajstić information content (AvgIpc) is 2.93. The van der Waals surface area contributed by atoms with Gasteiger partial charge in [0.2, 0.25) is 0 Å². The van der Waals surface area contributed by atoms with Crippen molar-refractivity contribution < 1.29 is 4.79 Å². The Labute approximate surface area is 137 Å². The van der Waals surface area contributed by atoms with Crippen LogP contribution in [0.5, 0.6) is 0 Å². The zero-order chi connectivity index (χ0) is 17.1. The largest absolute Gasteiger partial charge is 0.350 e. The predicted octanol–water partition coefficient (Wildman–Crippen LogP) is 2.39. The molecule has 2 heterocycles. The molecule has 6 nitrogen and oxygen atoms in total. The molecule has 0 aliphatic carbocycles. The summed E-state index contributed by atoms with van der Waals surface area (Å²) >= 11 is 0. The molecule has 23 heavy (non-hydrogen) atoms. The van der Waals surface area contributed by atoms with Gasteiger partial charge in [0.15, 0.2) is 5.65 Å². The van der Waals surface area contributed by atoms with Crippen molar-refractivity contribution in [2.75, 3.05) is 20.6 Å². The minimum absolute atomic E-state index is 0.0714. The second-order valence-corrected chi connectivity index (χ2v) is 6.42. The number of rotatable bonds is 6. The summed E-state index contributed by atoms with van der Waals surface area (Å²) < 4.78 is 1.90. The molecule has 2 atom stereocenters. The number of pyridine rings is 1. The molecular formula is C17H27N5O. The van der Waals surface area contributed by atoms with E-state index < -0.39 is 0 Å². The van der Waals surface area contributed by atoms with Gasteiger partial charge in [0.1, 0.15) is 0 Å². The van der Waals surface area contributed by atoms with Gasteiger partial charge in [0.05, 0.1) is 23.2 Å². The van der Waals surface area contributed by atoms with E-state index in [2.05, 4.69) is 41.1 Å². The van der Waals surface area contributed by atoms with E-state index in [-0.39, 0.29) is 18.0 Å². The van der Waals surface area contributed by atoms with E-state index in [0.29, 0.717) is 12.1 Å². The van der Waals surface area contributed by atoms with Crippen molar-refractivity contribution in [3.05, 3.63) is 23.5 Å². The van der Waals surface area contributed by atoms with Crippen LogP contribution in [0.3, 0.4) is 0 Å². The molecule has 0 saturated heterocycles. The lowest BCUT2D eigenvalue weighted by atomic mass is 10.1. The maximum absolute atomic E-state index is 12.6. The lowest BCUT2D eigenvalue weighted by Gasteiger charge is -2.20. The molecule has 1 N–H and O–H groups in total. The van der Waals surface area contributed by atoms with E-state index in [4.69, 9.17) is 0 Å². The first kappa shape index (κ1) is 17.4. The van der Waals surface area contributed by atoms with Gasteiger partial charge in [-0.1, -0.05) is 6.92 Å². The molecule has 2 rings (SSSR count). The highest BCUT2D eigenvalue weighted by Gasteiger charge is 2.18. The van der Waals surface area contributed by atoms with Crippen LogP contribution in [0.1, 0.15) is 49.3 Å². The minimum Gasteiger partial charge on any atom is -0.350 e. The van der Waals surface area contributed by atoms with Crippen LogP contribution in [0, 0.1) is 6.92 Å². The first-order valence-electron chi connectivity index (χ1n) is 8.14. The first-order chi connectivity index (χ1) is 10.8. The van der Waals surface area contributed by atoms with Crippen LogP contribution in [0.2, 0.25) is 0 Å². The van der Waals surface area contributed by atoms with Crippen molar-refractivity contribution in [3.63, 3.8) is 0 Å². The number of hydrogen-bond acceptors (Lipinski definition) is 4. The molecule has 6 heteroatoms. The lowest BCUT2D eigenvalue weighted by Crippen LogP contribution is -2.38. The zero-order valence-corrected chi connectivity index (χ0v) is 14.9. The Kier molecular flexibility index (Phi) is 5.36. The van der Waals surface area contributed by atoms with Gasteiger partial charge in [-0.05, 0) is 47.4 Å². The third-order valence-electron chi connectivity index (χ3n) is 4.39. The number of aryl methyl sites for hydroxylation is 1. The van der Waals surface area contributed by atoms with Gasteiger partial charge in [-0.15, -0.1) is 0 Å². The highest BCUT2D eigenvalue weighted by Crippen LogP contribution is 2.22. The molecule has 0 aliphatic heterocycles. The van der Waals surface area contributed by atoms with E-state index in [1.165, 1.54) is 0 Å². The Hall–Kier alpha value is -1.95. The fourth-order valence-corrected chi connectivity index (χ4v) is 2.34. The summed E-state index contributed by atoms with van der Waals surface area (Å²) in [4.78, 5) is 19.3. The molecule has 0 radical (unpaired) electrons. The summed E-state index contributed by atoms with van der Waals surface area (Å²) in [6.45, 7) is 8.81. The first-order valence-corrected chi connectivity index (χ1v) is 8.14. The second-order valence-electron chi connectivity index (χ2n) is 6.42. The summed E-state index contributed by atoms with van der Waals surface area (Å²) in [7, 11) is 4.00. The molecule has 0 aromatic carbocycles. The maximum Gasteiger partial charge on any atom is 0.252 e. The average molecular weight is 317 g/mol. The Morgan fingerprint density at radius 2 is 2.09 bits per heavy atom. The summed E-state index contributed by atoms with van der Waals surface area (Å²) in [5.74, 6) is -0.0714. The molecule has 0 spiro atoms. The smallest absolute Gasteiger partial charge is 0.252 e. The van der Waals surface area contributed by atoms with Crippen LogP contribution in [0.25, 0.3) is 11.0 Å². The van der Waals surface area contributed by atoms with Crippen LogP contribution in [-0.2, 0) is 0 Å². The van der Waals surface area contributed by atoms with Crippen LogP contribution < -0.4 is 5.32 Å². The number of carbonyl (C=O) groups is 1. The van der Waals surface area contributed by atoms with Crippen molar-refractivity contribution in [3.8, 4) is 0 Å². The quantitative estimate of drug-likeness (QED) is 0.888. The summed E-state index contributed by atoms with van der Waals surface area (Å²) in [5, 5.41) is 8.26. The Morgan fingerprint density at radius 3 is 2.70 bits per heavy atom. The van der Waals surface area contributed by atoms with Crippen molar-refractivity contribution in [2.45, 2.75) is 46.2 Å². The fourth-order valence-electron chi connectivity index (χ4n) is 2.34. The molecule has 126 valence electrons. The highest BCUT2D eigenvalue weighted by molar-refractivity contribution is 6.05. The van der Waals surface area contributed by atoms with Gasteiger partial charge in [0, 0.05) is 18.3 Å². The summed E-state index contributed by atoms with van der Waals surface area (Å²) in [6.07, 6.45) is 2.71. The Morgan fingerprint density at radius 1 is 1.39 bits per heavy atom. The molecular weight excluding hydrogens is 290 g/mol. The van der Waals surface area contributed by atoms with Crippen molar-refractivity contribution in [2.24, 2.45) is 0 Å². The third-order valence-corrected chi connectivity index (χ3v) is 4.39. The fraction of sp³-hybridized carbons (Fsp3) is 0.588. The molecule has 2 aromatic heterocycles. The number of hydrogen-bond donors (Lipinski definition) is 1. The van der Waals surface area contributed by atoms with Gasteiger partial charge in [0.25, 0.3) is 5.91 Å². The second kappa shape index (κ2) is 7.08. The molecule has 0 fully saturated rings. The van der Waals surface area contributed by atoms with Gasteiger partial charge in [-0.25, -0.2) is 9.67 Å². The normalized spacial score (nSPS) is 14.2. The van der Waals surface area contributed by atoms with Gasteiger partial charge < -0.3 is 10.2 Å². The number of carbonyl (C=O) groups excluding carboxylic acids is 1. The van der Waals surface area contributed by atoms with Crippen LogP contribution in [-0.4, -0.2) is 52.3 Å². The highest BCUT2D eigenvalue weighted by atomic mass is 16.1. The van der Waals surface area contributed by atoms with E-state index in [9.17, 15) is 4.79 Å².